The third-order valence-electron chi connectivity index (χ3n) is 4.51. The van der Waals surface area contributed by atoms with Crippen LogP contribution in [0.3, 0.4) is 0 Å². The molecule has 1 saturated carbocycles. The topological polar surface area (TPSA) is 58.2 Å². The monoisotopic (exact) mass is 286 g/mol. The van der Waals surface area contributed by atoms with Crippen molar-refractivity contribution >= 4 is 17.5 Å². The summed E-state index contributed by atoms with van der Waals surface area (Å²) in [6.45, 7) is 4.50. The Morgan fingerprint density at radius 2 is 1.90 bits per heavy atom. The van der Waals surface area contributed by atoms with Crippen LogP contribution in [0.5, 0.6) is 0 Å². The Morgan fingerprint density at radius 3 is 2.62 bits per heavy atom. The molecule has 2 atom stereocenters. The summed E-state index contributed by atoms with van der Waals surface area (Å²) in [5, 5.41) is 5.94. The zero-order valence-electron chi connectivity index (χ0n) is 12.6. The molecule has 4 heteroatoms. The Kier molecular flexibility index (Phi) is 3.70. The van der Waals surface area contributed by atoms with Crippen LogP contribution in [0.4, 0.5) is 5.69 Å². The number of carbonyl (C=O) groups excluding carboxylic acids is 2. The van der Waals surface area contributed by atoms with E-state index in [-0.39, 0.29) is 17.9 Å². The second kappa shape index (κ2) is 5.51. The molecular weight excluding hydrogens is 264 g/mol. The minimum atomic E-state index is -0.0368. The first-order valence-electron chi connectivity index (χ1n) is 7.75. The summed E-state index contributed by atoms with van der Waals surface area (Å²) < 4.78 is 0. The number of fused-ring (bicyclic) bond motifs is 1. The second-order valence-electron chi connectivity index (χ2n) is 6.68. The zero-order valence-corrected chi connectivity index (χ0v) is 12.6. The van der Waals surface area contributed by atoms with Crippen LogP contribution in [0.15, 0.2) is 18.2 Å². The average Bonchev–Trinajstić information content (AvgIpc) is 2.76. The van der Waals surface area contributed by atoms with Gasteiger partial charge in [-0.25, -0.2) is 0 Å². The van der Waals surface area contributed by atoms with Gasteiger partial charge in [0.05, 0.1) is 6.42 Å². The highest BCUT2D eigenvalue weighted by molar-refractivity contribution is 6.02. The van der Waals surface area contributed by atoms with Crippen LogP contribution in [0, 0.1) is 11.8 Å². The van der Waals surface area contributed by atoms with Crippen LogP contribution in [0.1, 0.15) is 49.0 Å². The molecule has 0 aromatic heterocycles. The van der Waals surface area contributed by atoms with E-state index in [4.69, 9.17) is 0 Å². The lowest BCUT2D eigenvalue weighted by Gasteiger charge is -2.32. The molecule has 2 amide bonds. The van der Waals surface area contributed by atoms with Crippen LogP contribution in [0.2, 0.25) is 0 Å². The van der Waals surface area contributed by atoms with Gasteiger partial charge in [0, 0.05) is 17.3 Å². The Labute approximate surface area is 125 Å². The standard InChI is InChI=1S/C17H22N2O2/c1-10-5-11(2)7-14(6-10)18-17(21)13-4-3-12-9-16(20)19-15(12)8-13/h3-4,8,10-11,14H,5-7,9H2,1-2H3,(H,18,21)(H,19,20). The first-order chi connectivity index (χ1) is 10.0. The predicted molar refractivity (Wildman–Crippen MR) is 82.2 cm³/mol. The maximum Gasteiger partial charge on any atom is 0.251 e. The molecule has 1 aromatic carbocycles. The third-order valence-corrected chi connectivity index (χ3v) is 4.51. The number of amides is 2. The van der Waals surface area contributed by atoms with Crippen molar-refractivity contribution in [3.8, 4) is 0 Å². The number of rotatable bonds is 2. The van der Waals surface area contributed by atoms with E-state index in [1.165, 1.54) is 6.42 Å². The van der Waals surface area contributed by atoms with Crippen molar-refractivity contribution in [3.05, 3.63) is 29.3 Å². The van der Waals surface area contributed by atoms with Gasteiger partial charge in [-0.3, -0.25) is 9.59 Å². The number of anilines is 1. The van der Waals surface area contributed by atoms with Gasteiger partial charge < -0.3 is 10.6 Å². The molecule has 0 bridgehead atoms. The number of hydrogen-bond acceptors (Lipinski definition) is 2. The quantitative estimate of drug-likeness (QED) is 0.878. The van der Waals surface area contributed by atoms with Crippen LogP contribution in [-0.4, -0.2) is 17.9 Å². The molecule has 1 aliphatic heterocycles. The molecule has 21 heavy (non-hydrogen) atoms. The van der Waals surface area contributed by atoms with Crippen LogP contribution < -0.4 is 10.6 Å². The highest BCUT2D eigenvalue weighted by atomic mass is 16.2. The van der Waals surface area contributed by atoms with E-state index in [0.29, 0.717) is 23.8 Å². The van der Waals surface area contributed by atoms with E-state index in [1.54, 1.807) is 6.07 Å². The van der Waals surface area contributed by atoms with Gasteiger partial charge in [0.15, 0.2) is 0 Å². The maximum atomic E-state index is 12.4. The van der Waals surface area contributed by atoms with E-state index in [9.17, 15) is 9.59 Å². The number of benzene rings is 1. The summed E-state index contributed by atoms with van der Waals surface area (Å²) in [5.41, 5.74) is 2.37. The van der Waals surface area contributed by atoms with Gasteiger partial charge in [-0.15, -0.1) is 0 Å². The maximum absolute atomic E-state index is 12.4. The van der Waals surface area contributed by atoms with Crippen molar-refractivity contribution < 1.29 is 9.59 Å². The van der Waals surface area contributed by atoms with Crippen molar-refractivity contribution in [1.29, 1.82) is 0 Å². The van der Waals surface area contributed by atoms with E-state index in [1.807, 2.05) is 12.1 Å². The van der Waals surface area contributed by atoms with Gasteiger partial charge in [0.25, 0.3) is 5.91 Å². The minimum Gasteiger partial charge on any atom is -0.349 e. The molecule has 3 rings (SSSR count). The molecule has 2 unspecified atom stereocenters. The lowest BCUT2D eigenvalue weighted by atomic mass is 9.80. The van der Waals surface area contributed by atoms with Gasteiger partial charge in [-0.05, 0) is 48.8 Å². The fourth-order valence-corrected chi connectivity index (χ4v) is 3.69. The molecule has 0 radical (unpaired) electrons. The zero-order chi connectivity index (χ0) is 15.0. The summed E-state index contributed by atoms with van der Waals surface area (Å²) in [6.07, 6.45) is 3.77. The SMILES string of the molecule is CC1CC(C)CC(NC(=O)c2ccc3c(c2)NC(=O)C3)C1. The molecule has 1 aromatic rings. The lowest BCUT2D eigenvalue weighted by Crippen LogP contribution is -2.40. The highest BCUT2D eigenvalue weighted by Crippen LogP contribution is 2.29. The molecule has 0 saturated heterocycles. The Hall–Kier alpha value is -1.84. The Morgan fingerprint density at radius 1 is 1.19 bits per heavy atom. The summed E-state index contributed by atoms with van der Waals surface area (Å²) in [7, 11) is 0. The second-order valence-corrected chi connectivity index (χ2v) is 6.68. The third kappa shape index (κ3) is 3.09. The van der Waals surface area contributed by atoms with Gasteiger partial charge in [-0.1, -0.05) is 19.9 Å². The summed E-state index contributed by atoms with van der Waals surface area (Å²) in [4.78, 5) is 23.7. The normalized spacial score (nSPS) is 27.9. The average molecular weight is 286 g/mol. The smallest absolute Gasteiger partial charge is 0.251 e. The van der Waals surface area contributed by atoms with Crippen LogP contribution in [0.25, 0.3) is 0 Å². The first-order valence-corrected chi connectivity index (χ1v) is 7.75. The van der Waals surface area contributed by atoms with Crippen LogP contribution in [-0.2, 0) is 11.2 Å². The van der Waals surface area contributed by atoms with Crippen molar-refractivity contribution in [2.24, 2.45) is 11.8 Å². The molecule has 4 nitrogen and oxygen atoms in total. The van der Waals surface area contributed by atoms with Gasteiger partial charge in [0.1, 0.15) is 0 Å². The molecule has 112 valence electrons. The summed E-state index contributed by atoms with van der Waals surface area (Å²) in [5.74, 6) is 1.29. The Balaban J connectivity index is 1.68. The summed E-state index contributed by atoms with van der Waals surface area (Å²) >= 11 is 0. The number of carbonyl (C=O) groups is 2. The van der Waals surface area contributed by atoms with Crippen molar-refractivity contribution in [2.45, 2.75) is 45.6 Å². The molecule has 0 spiro atoms. The first kappa shape index (κ1) is 14.1. The largest absolute Gasteiger partial charge is 0.349 e. The van der Waals surface area contributed by atoms with Gasteiger partial charge in [0.2, 0.25) is 5.91 Å². The van der Waals surface area contributed by atoms with Gasteiger partial charge >= 0.3 is 0 Å². The number of hydrogen-bond donors (Lipinski definition) is 2. The van der Waals surface area contributed by atoms with E-state index < -0.39 is 0 Å². The minimum absolute atomic E-state index is 0.00233. The van der Waals surface area contributed by atoms with E-state index >= 15 is 0 Å². The molecule has 1 heterocycles. The van der Waals surface area contributed by atoms with Crippen molar-refractivity contribution in [3.63, 3.8) is 0 Å². The lowest BCUT2D eigenvalue weighted by molar-refractivity contribution is -0.115. The molecule has 1 aliphatic carbocycles. The summed E-state index contributed by atoms with van der Waals surface area (Å²) in [6, 6.07) is 5.73. The molecule has 2 aliphatic rings. The molecule has 1 fully saturated rings. The van der Waals surface area contributed by atoms with Gasteiger partial charge in [-0.2, -0.15) is 0 Å². The highest BCUT2D eigenvalue weighted by Gasteiger charge is 2.26. The molecule has 2 N–H and O–H groups in total. The van der Waals surface area contributed by atoms with E-state index in [2.05, 4.69) is 24.5 Å². The fourth-order valence-electron chi connectivity index (χ4n) is 3.69. The Bertz CT molecular complexity index is 572. The predicted octanol–water partition coefficient (Wildman–Crippen LogP) is 2.74. The number of nitrogens with one attached hydrogen (secondary N) is 2. The fraction of sp³-hybridized carbons (Fsp3) is 0.529. The van der Waals surface area contributed by atoms with Crippen LogP contribution >= 0.6 is 0 Å². The van der Waals surface area contributed by atoms with Crippen molar-refractivity contribution in [1.82, 2.24) is 5.32 Å². The molecular formula is C17H22N2O2. The van der Waals surface area contributed by atoms with E-state index in [0.717, 1.165) is 24.1 Å². The van der Waals surface area contributed by atoms with Crippen molar-refractivity contribution in [2.75, 3.05) is 5.32 Å².